The molecule has 0 spiro atoms. The summed E-state index contributed by atoms with van der Waals surface area (Å²) in [7, 11) is 0. The molecule has 6 nitrogen and oxygen atoms in total. The molecule has 0 aliphatic rings. The van der Waals surface area contributed by atoms with Crippen molar-refractivity contribution in [1.29, 1.82) is 5.26 Å². The Morgan fingerprint density at radius 2 is 0.770 bits per heavy atom. The third kappa shape index (κ3) is 5.91. The second kappa shape index (κ2) is 16.1. The van der Waals surface area contributed by atoms with Crippen molar-refractivity contribution in [2.45, 2.75) is 0 Å². The van der Waals surface area contributed by atoms with Crippen LogP contribution in [0, 0.1) is 17.9 Å². The zero-order valence-electron chi connectivity index (χ0n) is 39.5. The fourth-order valence-electron chi connectivity index (χ4n) is 11.8. The molecule has 0 aliphatic heterocycles. The fraction of sp³-hybridized carbons (Fsp3) is 0. The Kier molecular flexibility index (Phi) is 8.99. The molecule has 0 N–H and O–H groups in total. The summed E-state index contributed by atoms with van der Waals surface area (Å²) in [5, 5.41) is 20.1. The van der Waals surface area contributed by atoms with E-state index in [1.54, 1.807) is 0 Å². The van der Waals surface area contributed by atoms with Gasteiger partial charge in [-0.2, -0.15) is 5.26 Å². The molecular formula is C68H38N4O2. The minimum Gasteiger partial charge on any atom is -0.455 e. The van der Waals surface area contributed by atoms with Gasteiger partial charge in [0.05, 0.1) is 56.3 Å². The first-order chi connectivity index (χ1) is 36.7. The lowest BCUT2D eigenvalue weighted by Crippen LogP contribution is -2.08. The van der Waals surface area contributed by atoms with Crippen molar-refractivity contribution >= 4 is 93.2 Å². The molecular weight excluding hydrogens is 905 g/mol. The second-order valence-electron chi connectivity index (χ2n) is 18.9. The van der Waals surface area contributed by atoms with Gasteiger partial charge in [0.15, 0.2) is 0 Å². The van der Waals surface area contributed by atoms with Crippen LogP contribution in [0.25, 0.3) is 148 Å². The smallest absolute Gasteiger partial charge is 0.221 e. The van der Waals surface area contributed by atoms with Gasteiger partial charge in [-0.3, -0.25) is 0 Å². The summed E-state index contributed by atoms with van der Waals surface area (Å²) in [6.45, 7) is 9.56. The van der Waals surface area contributed by atoms with E-state index < -0.39 is 0 Å². The second-order valence-corrected chi connectivity index (χ2v) is 18.9. The number of nitrogens with zero attached hydrogens (tertiary/aromatic N) is 4. The van der Waals surface area contributed by atoms with Gasteiger partial charge < -0.3 is 18.0 Å². The number of fused-ring (bicyclic) bond motifs is 14. The van der Waals surface area contributed by atoms with Gasteiger partial charge in [-0.1, -0.05) is 170 Å². The van der Waals surface area contributed by atoms with Gasteiger partial charge in [0.1, 0.15) is 28.4 Å². The van der Waals surface area contributed by atoms with E-state index in [4.69, 9.17) is 8.83 Å². The van der Waals surface area contributed by atoms with Gasteiger partial charge in [-0.05, 0) is 94.0 Å². The average Bonchev–Trinajstić information content (AvgIpc) is 4.25. The van der Waals surface area contributed by atoms with Crippen molar-refractivity contribution < 1.29 is 8.83 Å². The summed E-state index contributed by atoms with van der Waals surface area (Å²) in [6, 6.07) is 81.8. The van der Waals surface area contributed by atoms with E-state index in [-0.39, 0.29) is 0 Å². The normalized spacial score (nSPS) is 11.8. The largest absolute Gasteiger partial charge is 0.455 e. The summed E-state index contributed by atoms with van der Waals surface area (Å²) in [4.78, 5) is 4.67. The Balaban J connectivity index is 1.15. The molecule has 0 saturated carbocycles. The standard InChI is InChI=1S/C68H38N4O2/c1-70-64-61(44-24-12-5-13-25-44)65(71-54-34-30-45(41-18-6-2-7-19-41)38-51(54)62-56(71)36-32-49-47-26-14-16-28-58(47)73-67(49)62)53(40-69)60(43-22-10-4-11-23-43)66(64)72-55-35-31-46(42-20-8-3-9-21-42)39-52(55)63-57(72)37-33-50-48-27-15-17-29-59(48)74-68(50)63/h2-39H. The molecule has 15 aromatic rings. The molecule has 0 bridgehead atoms. The molecule has 11 aromatic carbocycles. The van der Waals surface area contributed by atoms with Crippen LogP contribution in [0.15, 0.2) is 239 Å². The van der Waals surface area contributed by atoms with Crippen LogP contribution < -0.4 is 0 Å². The molecule has 0 amide bonds. The molecule has 4 aromatic heterocycles. The number of para-hydroxylation sites is 2. The monoisotopic (exact) mass is 942 g/mol. The predicted octanol–water partition coefficient (Wildman–Crippen LogP) is 18.8. The van der Waals surface area contributed by atoms with E-state index >= 15 is 0 Å². The van der Waals surface area contributed by atoms with Crippen LogP contribution in [-0.4, -0.2) is 9.13 Å². The SMILES string of the molecule is [C-]#[N+]c1c(-c2ccccc2)c(-n2c3ccc(-c4ccccc4)cc3c3c4oc5ccccc5c4ccc32)c(C#N)c(-c2ccccc2)c1-n1c2ccc(-c3ccccc3)cc2c2c3oc4ccccc4c3ccc21. The maximum Gasteiger partial charge on any atom is 0.221 e. The summed E-state index contributed by atoms with van der Waals surface area (Å²) < 4.78 is 18.2. The van der Waals surface area contributed by atoms with Gasteiger partial charge in [0.25, 0.3) is 0 Å². The topological polar surface area (TPSA) is 64.3 Å². The van der Waals surface area contributed by atoms with E-state index in [0.717, 1.165) is 121 Å². The minimum atomic E-state index is 0.403. The van der Waals surface area contributed by atoms with Crippen molar-refractivity contribution in [3.05, 3.63) is 248 Å². The number of benzene rings is 11. The Bertz CT molecular complexity index is 4580. The Hall–Kier alpha value is -10.4. The van der Waals surface area contributed by atoms with Crippen molar-refractivity contribution in [1.82, 2.24) is 9.13 Å². The Morgan fingerprint density at radius 3 is 1.23 bits per heavy atom. The van der Waals surface area contributed by atoms with E-state index in [9.17, 15) is 11.8 Å². The van der Waals surface area contributed by atoms with Crippen molar-refractivity contribution in [2.24, 2.45) is 0 Å². The molecule has 0 radical (unpaired) electrons. The zero-order valence-corrected chi connectivity index (χ0v) is 39.5. The summed E-state index contributed by atoms with van der Waals surface area (Å²) in [5.41, 5.74) is 15.8. The van der Waals surface area contributed by atoms with Crippen molar-refractivity contribution in [2.75, 3.05) is 0 Å². The number of aromatic nitrogens is 2. The van der Waals surface area contributed by atoms with Crippen LogP contribution in [0.3, 0.4) is 0 Å². The molecule has 0 fully saturated rings. The minimum absolute atomic E-state index is 0.403. The highest BCUT2D eigenvalue weighted by Gasteiger charge is 2.33. The molecule has 4 heterocycles. The molecule has 6 heteroatoms. The molecule has 15 rings (SSSR count). The van der Waals surface area contributed by atoms with Gasteiger partial charge in [-0.15, -0.1) is 0 Å². The predicted molar refractivity (Wildman–Crippen MR) is 302 cm³/mol. The first kappa shape index (κ1) is 41.4. The number of nitriles is 1. The van der Waals surface area contributed by atoms with E-state index in [1.165, 1.54) is 0 Å². The van der Waals surface area contributed by atoms with Gasteiger partial charge in [0, 0.05) is 43.4 Å². The molecule has 0 unspecified atom stereocenters. The molecule has 0 saturated heterocycles. The summed E-state index contributed by atoms with van der Waals surface area (Å²) >= 11 is 0. The lowest BCUT2D eigenvalue weighted by Gasteiger charge is -2.25. The maximum atomic E-state index is 12.2. The van der Waals surface area contributed by atoms with Gasteiger partial charge in [-0.25, -0.2) is 4.85 Å². The van der Waals surface area contributed by atoms with Crippen molar-refractivity contribution in [3.63, 3.8) is 0 Å². The van der Waals surface area contributed by atoms with Crippen molar-refractivity contribution in [3.8, 4) is 62.0 Å². The average molecular weight is 943 g/mol. The van der Waals surface area contributed by atoms with Gasteiger partial charge in [0.2, 0.25) is 5.69 Å². The van der Waals surface area contributed by atoms with Crippen LogP contribution >= 0.6 is 0 Å². The van der Waals surface area contributed by atoms with Gasteiger partial charge >= 0.3 is 0 Å². The van der Waals surface area contributed by atoms with Crippen LogP contribution in [0.2, 0.25) is 0 Å². The van der Waals surface area contributed by atoms with Crippen LogP contribution in [0.5, 0.6) is 0 Å². The lowest BCUT2D eigenvalue weighted by atomic mass is 9.88. The quantitative estimate of drug-likeness (QED) is 0.156. The lowest BCUT2D eigenvalue weighted by molar-refractivity contribution is 0.672. The Morgan fingerprint density at radius 1 is 0.365 bits per heavy atom. The summed E-state index contributed by atoms with van der Waals surface area (Å²) in [6.07, 6.45) is 0. The van der Waals surface area contributed by atoms with E-state index in [2.05, 4.69) is 154 Å². The summed E-state index contributed by atoms with van der Waals surface area (Å²) in [5.74, 6) is 0. The molecule has 74 heavy (non-hydrogen) atoms. The van der Waals surface area contributed by atoms with Crippen LogP contribution in [0.1, 0.15) is 5.56 Å². The third-order valence-corrected chi connectivity index (χ3v) is 15.0. The number of hydrogen-bond donors (Lipinski definition) is 0. The van der Waals surface area contributed by atoms with E-state index in [1.807, 2.05) is 97.1 Å². The maximum absolute atomic E-state index is 12.2. The fourth-order valence-corrected chi connectivity index (χ4v) is 11.8. The highest BCUT2D eigenvalue weighted by Crippen LogP contribution is 2.54. The highest BCUT2D eigenvalue weighted by atomic mass is 16.3. The number of rotatable bonds is 6. The van der Waals surface area contributed by atoms with E-state index in [0.29, 0.717) is 33.8 Å². The van der Waals surface area contributed by atoms with Crippen LogP contribution in [0.4, 0.5) is 5.69 Å². The highest BCUT2D eigenvalue weighted by molar-refractivity contribution is 6.27. The number of furan rings is 2. The number of hydrogen-bond acceptors (Lipinski definition) is 3. The molecule has 342 valence electrons. The first-order valence-corrected chi connectivity index (χ1v) is 24.7. The third-order valence-electron chi connectivity index (χ3n) is 15.0. The Labute approximate surface area is 423 Å². The van der Waals surface area contributed by atoms with Crippen LogP contribution in [-0.2, 0) is 0 Å². The molecule has 0 atom stereocenters. The molecule has 0 aliphatic carbocycles. The zero-order chi connectivity index (χ0) is 49.0. The first-order valence-electron chi connectivity index (χ1n) is 24.7.